The van der Waals surface area contributed by atoms with Gasteiger partial charge in [-0.3, -0.25) is 4.90 Å². The van der Waals surface area contributed by atoms with Crippen molar-refractivity contribution in [3.8, 4) is 0 Å². The van der Waals surface area contributed by atoms with Gasteiger partial charge in [0.25, 0.3) is 3.12 Å². The van der Waals surface area contributed by atoms with E-state index in [4.69, 9.17) is 34.8 Å². The van der Waals surface area contributed by atoms with Crippen molar-refractivity contribution >= 4 is 58.5 Å². The van der Waals surface area contributed by atoms with Crippen LogP contribution in [0.15, 0.2) is 24.3 Å². The number of benzene rings is 1. The molecule has 0 saturated carbocycles. The third-order valence-electron chi connectivity index (χ3n) is 2.37. The average molecular weight is 345 g/mol. The lowest BCUT2D eigenvalue weighted by molar-refractivity contribution is 0.236. The molecule has 2 amide bonds. The van der Waals surface area contributed by atoms with Crippen LogP contribution in [0.25, 0.3) is 0 Å². The first-order valence-electron chi connectivity index (χ1n) is 5.19. The summed E-state index contributed by atoms with van der Waals surface area (Å²) < 4.78 is 12.4. The molecular weight excluding hydrogens is 336 g/mol. The van der Waals surface area contributed by atoms with E-state index in [0.717, 1.165) is 16.4 Å². The van der Waals surface area contributed by atoms with Crippen LogP contribution in [0, 0.1) is 5.82 Å². The summed E-state index contributed by atoms with van der Waals surface area (Å²) in [6, 6.07) is 5.18. The number of anilines is 1. The minimum Gasteiger partial charge on any atom is -0.275 e. The van der Waals surface area contributed by atoms with E-state index in [2.05, 4.69) is 5.43 Å². The minimum absolute atomic E-state index is 0.335. The Labute approximate surface area is 128 Å². The van der Waals surface area contributed by atoms with Crippen LogP contribution in [0.2, 0.25) is 0 Å². The largest absolute Gasteiger partial charge is 0.350 e. The lowest BCUT2D eigenvalue weighted by atomic mass is 10.3. The molecule has 0 radical (unpaired) electrons. The fourth-order valence-electron chi connectivity index (χ4n) is 1.65. The van der Waals surface area contributed by atoms with Gasteiger partial charge in [-0.2, -0.15) is 9.84 Å². The van der Waals surface area contributed by atoms with Gasteiger partial charge in [-0.05, 0) is 31.2 Å². The molecule has 1 fully saturated rings. The van der Waals surface area contributed by atoms with Crippen LogP contribution < -0.4 is 10.3 Å². The van der Waals surface area contributed by atoms with Gasteiger partial charge in [0.2, 0.25) is 0 Å². The van der Waals surface area contributed by atoms with Crippen molar-refractivity contribution in [1.29, 1.82) is 0 Å². The molecule has 1 aliphatic rings. The molecule has 1 unspecified atom stereocenters. The quantitative estimate of drug-likeness (QED) is 0.653. The van der Waals surface area contributed by atoms with Crippen molar-refractivity contribution in [1.82, 2.24) is 9.84 Å². The first-order valence-corrected chi connectivity index (χ1v) is 7.09. The van der Waals surface area contributed by atoms with Crippen molar-refractivity contribution in [2.24, 2.45) is 0 Å². The second-order valence-electron chi connectivity index (χ2n) is 3.77. The Morgan fingerprint density at radius 2 is 1.89 bits per heavy atom. The van der Waals surface area contributed by atoms with Gasteiger partial charge in [0, 0.05) is 17.6 Å². The summed E-state index contributed by atoms with van der Waals surface area (Å²) in [7, 11) is 0. The van der Waals surface area contributed by atoms with Crippen molar-refractivity contribution < 1.29 is 9.18 Å². The molecule has 1 saturated heterocycles. The maximum atomic E-state index is 12.9. The van der Waals surface area contributed by atoms with E-state index in [9.17, 15) is 9.18 Å². The number of urea groups is 1. The number of hydrazine groups is 1. The standard InChI is InChI=1S/C10H9Cl3FN3OS/c1-6-15-17(19-10(11,12)13)9(18)16(6)8-4-2-7(14)3-5-8/h2-6,15H,1H3. The van der Waals surface area contributed by atoms with Crippen LogP contribution in [0.1, 0.15) is 6.92 Å². The molecule has 104 valence electrons. The molecule has 9 heteroatoms. The monoisotopic (exact) mass is 343 g/mol. The van der Waals surface area contributed by atoms with E-state index in [1.807, 2.05) is 0 Å². The number of rotatable bonds is 2. The predicted octanol–water partition coefficient (Wildman–Crippen LogP) is 3.89. The van der Waals surface area contributed by atoms with Gasteiger partial charge in [0.1, 0.15) is 12.0 Å². The van der Waals surface area contributed by atoms with Crippen molar-refractivity contribution in [3.63, 3.8) is 0 Å². The van der Waals surface area contributed by atoms with Crippen molar-refractivity contribution in [3.05, 3.63) is 30.1 Å². The molecule has 1 heterocycles. The number of hydrogen-bond acceptors (Lipinski definition) is 3. The molecule has 1 N–H and O–H groups in total. The van der Waals surface area contributed by atoms with E-state index in [0.29, 0.717) is 5.69 Å². The molecule has 0 aliphatic carbocycles. The van der Waals surface area contributed by atoms with E-state index < -0.39 is 9.16 Å². The number of nitrogens with zero attached hydrogens (tertiary/aromatic N) is 2. The molecular formula is C10H9Cl3FN3OS. The van der Waals surface area contributed by atoms with Crippen LogP contribution in [0.5, 0.6) is 0 Å². The molecule has 4 nitrogen and oxygen atoms in total. The van der Waals surface area contributed by atoms with Crippen LogP contribution in [0.4, 0.5) is 14.9 Å². The summed E-state index contributed by atoms with van der Waals surface area (Å²) in [4.78, 5) is 13.6. The fourth-order valence-corrected chi connectivity index (χ4v) is 2.85. The SMILES string of the molecule is CC1NN(SC(Cl)(Cl)Cl)C(=O)N1c1ccc(F)cc1. The smallest absolute Gasteiger partial charge is 0.275 e. The zero-order valence-corrected chi connectivity index (χ0v) is 12.7. The van der Waals surface area contributed by atoms with Crippen LogP contribution >= 0.6 is 46.8 Å². The second-order valence-corrected chi connectivity index (χ2v) is 7.88. The zero-order valence-electron chi connectivity index (χ0n) is 9.61. The van der Waals surface area contributed by atoms with Crippen LogP contribution in [-0.4, -0.2) is 19.7 Å². The van der Waals surface area contributed by atoms with Gasteiger partial charge >= 0.3 is 6.03 Å². The molecule has 1 atom stereocenters. The highest BCUT2D eigenvalue weighted by molar-refractivity contribution is 8.03. The topological polar surface area (TPSA) is 35.6 Å². The van der Waals surface area contributed by atoms with Crippen LogP contribution in [0.3, 0.4) is 0 Å². The number of halogens is 4. The Morgan fingerprint density at radius 1 is 1.32 bits per heavy atom. The molecule has 1 aromatic rings. The molecule has 1 aliphatic heterocycles. The number of nitrogens with one attached hydrogen (secondary N) is 1. The normalized spacial score (nSPS) is 20.3. The Morgan fingerprint density at radius 3 is 2.42 bits per heavy atom. The second kappa shape index (κ2) is 5.54. The van der Waals surface area contributed by atoms with Gasteiger partial charge in [0.05, 0.1) is 0 Å². The first-order chi connectivity index (χ1) is 8.78. The lowest BCUT2D eigenvalue weighted by Crippen LogP contribution is -2.34. The molecule has 0 bridgehead atoms. The maximum Gasteiger partial charge on any atom is 0.350 e. The molecule has 0 aromatic heterocycles. The van der Waals surface area contributed by atoms with E-state index >= 15 is 0 Å². The van der Waals surface area contributed by atoms with E-state index in [1.165, 1.54) is 29.2 Å². The lowest BCUT2D eigenvalue weighted by Gasteiger charge is -2.19. The van der Waals surface area contributed by atoms with Crippen molar-refractivity contribution in [2.75, 3.05) is 4.90 Å². The van der Waals surface area contributed by atoms with Gasteiger partial charge in [-0.15, -0.1) is 0 Å². The van der Waals surface area contributed by atoms with E-state index in [1.54, 1.807) is 6.92 Å². The van der Waals surface area contributed by atoms with E-state index in [-0.39, 0.29) is 12.0 Å². The summed E-state index contributed by atoms with van der Waals surface area (Å²) in [5.74, 6) is -0.372. The summed E-state index contributed by atoms with van der Waals surface area (Å²) in [5, 5.41) is 0. The zero-order chi connectivity index (χ0) is 14.2. The number of hydrogen-bond donors (Lipinski definition) is 1. The highest BCUT2D eigenvalue weighted by atomic mass is 35.6. The molecule has 0 spiro atoms. The third kappa shape index (κ3) is 3.58. The van der Waals surface area contributed by atoms with Gasteiger partial charge < -0.3 is 0 Å². The number of carbonyl (C=O) groups excluding carboxylic acids is 1. The summed E-state index contributed by atoms with van der Waals surface area (Å²) in [5.41, 5.74) is 3.40. The fraction of sp³-hybridized carbons (Fsp3) is 0.300. The summed E-state index contributed by atoms with van der Waals surface area (Å²) >= 11 is 17.6. The summed E-state index contributed by atoms with van der Waals surface area (Å²) in [6.07, 6.45) is -0.335. The Kier molecular flexibility index (Phi) is 4.37. The molecule has 2 rings (SSSR count). The van der Waals surface area contributed by atoms with Gasteiger partial charge in [0.15, 0.2) is 0 Å². The maximum absolute atomic E-state index is 12.9. The minimum atomic E-state index is -1.65. The number of alkyl halides is 3. The average Bonchev–Trinajstić information content (AvgIpc) is 2.54. The summed E-state index contributed by atoms with van der Waals surface area (Å²) in [6.45, 7) is 1.76. The number of carbonyl (C=O) groups is 1. The predicted molar refractivity (Wildman–Crippen MR) is 76.6 cm³/mol. The van der Waals surface area contributed by atoms with Crippen molar-refractivity contribution in [2.45, 2.75) is 16.2 Å². The molecule has 19 heavy (non-hydrogen) atoms. The molecule has 1 aromatic carbocycles. The van der Waals surface area contributed by atoms with Gasteiger partial charge in [-0.25, -0.2) is 9.18 Å². The highest BCUT2D eigenvalue weighted by Gasteiger charge is 2.40. The Hall–Kier alpha value is -0.400. The first kappa shape index (κ1) is 15.0. The number of amides is 2. The Balaban J connectivity index is 2.19. The Bertz CT molecular complexity index is 482. The third-order valence-corrected chi connectivity index (χ3v) is 3.64. The highest BCUT2D eigenvalue weighted by Crippen LogP contribution is 2.42. The van der Waals surface area contributed by atoms with Crippen LogP contribution in [-0.2, 0) is 0 Å². The van der Waals surface area contributed by atoms with Gasteiger partial charge in [-0.1, -0.05) is 34.8 Å².